The number of ether oxygens (including phenoxy) is 1. The highest BCUT2D eigenvalue weighted by Crippen LogP contribution is 2.11. The maximum Gasteiger partial charge on any atom is 0.243 e. The van der Waals surface area contributed by atoms with Crippen LogP contribution in [0, 0.1) is 12.3 Å². The average Bonchev–Trinajstić information content (AvgIpc) is 2.71. The lowest BCUT2D eigenvalue weighted by molar-refractivity contribution is -0.115. The number of benzene rings is 2. The van der Waals surface area contributed by atoms with Gasteiger partial charge < -0.3 is 20.7 Å². The molecule has 27 heavy (non-hydrogen) atoms. The Morgan fingerprint density at radius 3 is 2.63 bits per heavy atom. The van der Waals surface area contributed by atoms with Crippen LogP contribution in [0.15, 0.2) is 53.5 Å². The lowest BCUT2D eigenvalue weighted by atomic mass is 10.1. The molecule has 2 aromatic rings. The molecule has 0 fully saturated rings. The summed E-state index contributed by atoms with van der Waals surface area (Å²) in [6, 6.07) is 15.1. The number of hydrogen-bond acceptors (Lipinski definition) is 3. The zero-order chi connectivity index (χ0) is 19.5. The zero-order valence-corrected chi connectivity index (χ0v) is 15.6. The SMILES string of the molecule is C#Cc1cccc(NC(=O)CNC(=NC)NCCc2ccc(OC)cc2)c1. The number of aliphatic imine (C=N–C) groups is 1. The molecule has 0 radical (unpaired) electrons. The van der Waals surface area contributed by atoms with E-state index in [9.17, 15) is 4.79 Å². The molecular formula is C21H24N4O2. The Balaban J connectivity index is 1.74. The molecule has 0 spiro atoms. The molecule has 140 valence electrons. The Morgan fingerprint density at radius 2 is 1.96 bits per heavy atom. The molecule has 6 nitrogen and oxygen atoms in total. The van der Waals surface area contributed by atoms with Crippen LogP contribution < -0.4 is 20.7 Å². The van der Waals surface area contributed by atoms with Gasteiger partial charge in [0.2, 0.25) is 5.91 Å². The fraction of sp³-hybridized carbons (Fsp3) is 0.238. The summed E-state index contributed by atoms with van der Waals surface area (Å²) in [5.74, 6) is 3.76. The molecule has 1 amide bonds. The van der Waals surface area contributed by atoms with E-state index in [1.807, 2.05) is 30.3 Å². The summed E-state index contributed by atoms with van der Waals surface area (Å²) in [6.07, 6.45) is 6.19. The van der Waals surface area contributed by atoms with Crippen LogP contribution in [-0.4, -0.2) is 39.1 Å². The number of nitrogens with one attached hydrogen (secondary N) is 3. The van der Waals surface area contributed by atoms with E-state index in [0.29, 0.717) is 18.2 Å². The molecule has 3 N–H and O–H groups in total. The van der Waals surface area contributed by atoms with Gasteiger partial charge >= 0.3 is 0 Å². The van der Waals surface area contributed by atoms with Crippen molar-refractivity contribution in [2.45, 2.75) is 6.42 Å². The lowest BCUT2D eigenvalue weighted by Crippen LogP contribution is -2.42. The van der Waals surface area contributed by atoms with Crippen molar-refractivity contribution in [2.75, 3.05) is 32.6 Å². The van der Waals surface area contributed by atoms with Gasteiger partial charge in [0.25, 0.3) is 0 Å². The van der Waals surface area contributed by atoms with Crippen LogP contribution in [0.25, 0.3) is 0 Å². The van der Waals surface area contributed by atoms with E-state index in [1.54, 1.807) is 32.4 Å². The van der Waals surface area contributed by atoms with E-state index < -0.39 is 0 Å². The van der Waals surface area contributed by atoms with E-state index in [0.717, 1.165) is 17.7 Å². The predicted molar refractivity (Wildman–Crippen MR) is 109 cm³/mol. The number of guanidine groups is 1. The Morgan fingerprint density at radius 1 is 1.19 bits per heavy atom. The number of hydrogen-bond donors (Lipinski definition) is 3. The summed E-state index contributed by atoms with van der Waals surface area (Å²) in [5.41, 5.74) is 2.57. The highest BCUT2D eigenvalue weighted by atomic mass is 16.5. The van der Waals surface area contributed by atoms with E-state index in [1.165, 1.54) is 5.56 Å². The molecule has 0 aliphatic rings. The fourth-order valence-electron chi connectivity index (χ4n) is 2.39. The second-order valence-corrected chi connectivity index (χ2v) is 5.72. The molecule has 2 aromatic carbocycles. The summed E-state index contributed by atoms with van der Waals surface area (Å²) in [7, 11) is 3.31. The van der Waals surface area contributed by atoms with Gasteiger partial charge in [-0.3, -0.25) is 9.79 Å². The first-order chi connectivity index (χ1) is 13.1. The summed E-state index contributed by atoms with van der Waals surface area (Å²) >= 11 is 0. The quantitative estimate of drug-likeness (QED) is 0.399. The first-order valence-corrected chi connectivity index (χ1v) is 8.58. The topological polar surface area (TPSA) is 74.8 Å². The third-order valence-electron chi connectivity index (χ3n) is 3.82. The second-order valence-electron chi connectivity index (χ2n) is 5.72. The monoisotopic (exact) mass is 364 g/mol. The normalized spacial score (nSPS) is 10.6. The minimum Gasteiger partial charge on any atom is -0.497 e. The van der Waals surface area contributed by atoms with E-state index in [-0.39, 0.29) is 12.5 Å². The number of anilines is 1. The molecule has 2 rings (SSSR count). The molecule has 0 heterocycles. The van der Waals surface area contributed by atoms with Crippen LogP contribution in [0.3, 0.4) is 0 Å². The van der Waals surface area contributed by atoms with Crippen molar-refractivity contribution in [3.05, 3.63) is 59.7 Å². The minimum absolute atomic E-state index is 0.0997. The number of amides is 1. The van der Waals surface area contributed by atoms with Crippen LogP contribution in [0.5, 0.6) is 5.75 Å². The molecule has 0 saturated heterocycles. The van der Waals surface area contributed by atoms with Crippen molar-refractivity contribution in [3.63, 3.8) is 0 Å². The smallest absolute Gasteiger partial charge is 0.243 e. The number of nitrogens with zero attached hydrogens (tertiary/aromatic N) is 1. The minimum atomic E-state index is -0.178. The number of carbonyl (C=O) groups excluding carboxylic acids is 1. The summed E-state index contributed by atoms with van der Waals surface area (Å²) < 4.78 is 5.15. The Kier molecular flexibility index (Phi) is 7.73. The van der Waals surface area contributed by atoms with Crippen molar-refractivity contribution < 1.29 is 9.53 Å². The summed E-state index contributed by atoms with van der Waals surface area (Å²) in [5, 5.41) is 8.97. The molecule has 0 aliphatic carbocycles. The van der Waals surface area contributed by atoms with E-state index in [4.69, 9.17) is 11.2 Å². The van der Waals surface area contributed by atoms with Crippen molar-refractivity contribution in [1.82, 2.24) is 10.6 Å². The van der Waals surface area contributed by atoms with Gasteiger partial charge in [-0.2, -0.15) is 0 Å². The second kappa shape index (κ2) is 10.5. The summed E-state index contributed by atoms with van der Waals surface area (Å²) in [4.78, 5) is 16.2. The number of carbonyl (C=O) groups is 1. The molecular weight excluding hydrogens is 340 g/mol. The largest absolute Gasteiger partial charge is 0.497 e. The molecule has 0 saturated carbocycles. The van der Waals surface area contributed by atoms with Crippen LogP contribution >= 0.6 is 0 Å². The molecule has 0 unspecified atom stereocenters. The van der Waals surface area contributed by atoms with Crippen molar-refractivity contribution in [3.8, 4) is 18.1 Å². The number of rotatable bonds is 7. The van der Waals surface area contributed by atoms with Gasteiger partial charge in [0.1, 0.15) is 5.75 Å². The van der Waals surface area contributed by atoms with Crippen LogP contribution in [0.2, 0.25) is 0 Å². The predicted octanol–water partition coefficient (Wildman–Crippen LogP) is 2.02. The fourth-order valence-corrected chi connectivity index (χ4v) is 2.39. The van der Waals surface area contributed by atoms with Crippen LogP contribution in [-0.2, 0) is 11.2 Å². The van der Waals surface area contributed by atoms with Crippen molar-refractivity contribution in [1.29, 1.82) is 0 Å². The lowest BCUT2D eigenvalue weighted by Gasteiger charge is -2.12. The van der Waals surface area contributed by atoms with Gasteiger partial charge in [0.15, 0.2) is 5.96 Å². The van der Waals surface area contributed by atoms with Gasteiger partial charge in [0.05, 0.1) is 13.7 Å². The average molecular weight is 364 g/mol. The standard InChI is InChI=1S/C21H24N4O2/c1-4-16-6-5-7-18(14-16)25-20(26)15-24-21(22-2)23-13-12-17-8-10-19(27-3)11-9-17/h1,5-11,14H,12-13,15H2,2-3H3,(H,25,26)(H2,22,23,24). The van der Waals surface area contributed by atoms with Gasteiger partial charge in [-0.25, -0.2) is 0 Å². The van der Waals surface area contributed by atoms with Gasteiger partial charge in [-0.05, 0) is 42.3 Å². The van der Waals surface area contributed by atoms with Gasteiger partial charge in [0, 0.05) is 24.8 Å². The number of terminal acetylenes is 1. The van der Waals surface area contributed by atoms with Crippen LogP contribution in [0.4, 0.5) is 5.69 Å². The molecule has 0 atom stereocenters. The van der Waals surface area contributed by atoms with Gasteiger partial charge in [-0.15, -0.1) is 6.42 Å². The molecule has 0 aromatic heterocycles. The first-order valence-electron chi connectivity index (χ1n) is 8.58. The maximum absolute atomic E-state index is 12.1. The van der Waals surface area contributed by atoms with E-state index >= 15 is 0 Å². The number of methoxy groups -OCH3 is 1. The van der Waals surface area contributed by atoms with Crippen molar-refractivity contribution >= 4 is 17.6 Å². The third-order valence-corrected chi connectivity index (χ3v) is 3.82. The molecule has 6 heteroatoms. The summed E-state index contributed by atoms with van der Waals surface area (Å²) in [6.45, 7) is 0.792. The molecule has 0 aliphatic heterocycles. The Hall–Kier alpha value is -3.46. The molecule has 0 bridgehead atoms. The van der Waals surface area contributed by atoms with E-state index in [2.05, 4.69) is 26.9 Å². The van der Waals surface area contributed by atoms with Crippen LogP contribution in [0.1, 0.15) is 11.1 Å². The van der Waals surface area contributed by atoms with Gasteiger partial charge in [-0.1, -0.05) is 24.1 Å². The highest BCUT2D eigenvalue weighted by molar-refractivity contribution is 5.95. The third kappa shape index (κ3) is 6.75. The first kappa shape index (κ1) is 19.9. The highest BCUT2D eigenvalue weighted by Gasteiger charge is 2.05. The maximum atomic E-state index is 12.1. The van der Waals surface area contributed by atoms with Crippen molar-refractivity contribution in [2.24, 2.45) is 4.99 Å². The Bertz CT molecular complexity index is 823. The zero-order valence-electron chi connectivity index (χ0n) is 15.6. The Labute approximate surface area is 160 Å².